The van der Waals surface area contributed by atoms with Gasteiger partial charge in [-0.1, -0.05) is 18.2 Å². The number of carbonyl (C=O) groups excluding carboxylic acids is 1. The summed E-state index contributed by atoms with van der Waals surface area (Å²) in [6.07, 6.45) is 0. The van der Waals surface area contributed by atoms with E-state index < -0.39 is 12.6 Å². The molecular formula is C9H9NaO3. The number of para-hydroxylation sites is 1. The third-order valence-corrected chi connectivity index (χ3v) is 1.44. The molecule has 0 bridgehead atoms. The van der Waals surface area contributed by atoms with Gasteiger partial charge in [-0.3, -0.25) is 0 Å². The molecule has 13 heavy (non-hydrogen) atoms. The van der Waals surface area contributed by atoms with Crippen molar-refractivity contribution >= 4 is 5.97 Å². The second-order valence-corrected chi connectivity index (χ2v) is 2.43. The molecule has 0 aliphatic carbocycles. The standard InChI is InChI=1S/C9H10O3.Na/c1-7-4-2-3-5-8(7)12-6-9(10)11;/h2-5H,6H2,1H3,(H,10,11);/q;+1/p-1. The predicted molar refractivity (Wildman–Crippen MR) is 41.7 cm³/mol. The zero-order chi connectivity index (χ0) is 8.97. The smallest absolute Gasteiger partial charge is 0.546 e. The molecule has 0 radical (unpaired) electrons. The molecule has 0 N–H and O–H groups in total. The minimum Gasteiger partial charge on any atom is -0.546 e. The van der Waals surface area contributed by atoms with Crippen LogP contribution in [-0.4, -0.2) is 12.6 Å². The first-order valence-corrected chi connectivity index (χ1v) is 3.58. The van der Waals surface area contributed by atoms with Gasteiger partial charge in [0.05, 0.1) is 5.97 Å². The Balaban J connectivity index is 0.00000144. The van der Waals surface area contributed by atoms with Crippen LogP contribution < -0.4 is 39.4 Å². The summed E-state index contributed by atoms with van der Waals surface area (Å²) < 4.78 is 4.94. The van der Waals surface area contributed by atoms with E-state index >= 15 is 0 Å². The summed E-state index contributed by atoms with van der Waals surface area (Å²) in [7, 11) is 0. The van der Waals surface area contributed by atoms with Crippen molar-refractivity contribution in [3.8, 4) is 5.75 Å². The van der Waals surface area contributed by atoms with Crippen molar-refractivity contribution in [1.82, 2.24) is 0 Å². The molecule has 0 aliphatic heterocycles. The first-order chi connectivity index (χ1) is 5.70. The van der Waals surface area contributed by atoms with Crippen LogP contribution >= 0.6 is 0 Å². The number of carboxylic acid groups (broad SMARTS) is 1. The molecule has 0 aliphatic rings. The average Bonchev–Trinajstić information content (AvgIpc) is 2.03. The Labute approximate surface area is 99.0 Å². The molecule has 1 aromatic carbocycles. The number of ether oxygens (including phenoxy) is 1. The molecule has 1 aromatic rings. The van der Waals surface area contributed by atoms with Crippen LogP contribution in [0.4, 0.5) is 0 Å². The molecule has 3 nitrogen and oxygen atoms in total. The van der Waals surface area contributed by atoms with Crippen LogP contribution in [0.1, 0.15) is 5.56 Å². The second kappa shape index (κ2) is 6.02. The predicted octanol–water partition coefficient (Wildman–Crippen LogP) is -2.87. The molecular weight excluding hydrogens is 179 g/mol. The van der Waals surface area contributed by atoms with Crippen LogP contribution in [-0.2, 0) is 4.79 Å². The molecule has 0 aromatic heterocycles. The molecule has 64 valence electrons. The van der Waals surface area contributed by atoms with Gasteiger partial charge >= 0.3 is 29.6 Å². The Morgan fingerprint density at radius 3 is 2.62 bits per heavy atom. The molecule has 0 heterocycles. The van der Waals surface area contributed by atoms with Crippen LogP contribution in [0.5, 0.6) is 5.75 Å². The van der Waals surface area contributed by atoms with Crippen LogP contribution in [0, 0.1) is 6.92 Å². The number of aryl methyl sites for hydroxylation is 1. The molecule has 0 amide bonds. The molecule has 0 unspecified atom stereocenters. The Bertz CT molecular complexity index is 286. The van der Waals surface area contributed by atoms with Gasteiger partial charge in [0.2, 0.25) is 0 Å². The van der Waals surface area contributed by atoms with Gasteiger partial charge in [0.1, 0.15) is 12.4 Å². The number of benzene rings is 1. The Morgan fingerprint density at radius 1 is 1.46 bits per heavy atom. The number of aliphatic carboxylic acids is 1. The minimum atomic E-state index is -1.21. The molecule has 0 spiro atoms. The van der Waals surface area contributed by atoms with Gasteiger partial charge in [0.15, 0.2) is 0 Å². The zero-order valence-electron chi connectivity index (χ0n) is 7.74. The van der Waals surface area contributed by atoms with Crippen LogP contribution in [0.3, 0.4) is 0 Å². The first-order valence-electron chi connectivity index (χ1n) is 3.58. The van der Waals surface area contributed by atoms with E-state index in [1.165, 1.54) is 0 Å². The molecule has 0 saturated heterocycles. The molecule has 0 atom stereocenters. The SMILES string of the molecule is Cc1ccccc1OCC(=O)[O-].[Na+]. The van der Waals surface area contributed by atoms with Crippen molar-refractivity contribution < 1.29 is 44.2 Å². The Hall–Kier alpha value is -0.510. The fraction of sp³-hybridized carbons (Fsp3) is 0.222. The summed E-state index contributed by atoms with van der Waals surface area (Å²) in [4.78, 5) is 10.0. The van der Waals surface area contributed by atoms with E-state index in [2.05, 4.69) is 0 Å². The summed E-state index contributed by atoms with van der Waals surface area (Å²) in [5.41, 5.74) is 0.916. The van der Waals surface area contributed by atoms with Crippen LogP contribution in [0.25, 0.3) is 0 Å². The van der Waals surface area contributed by atoms with Crippen LogP contribution in [0.15, 0.2) is 24.3 Å². The van der Waals surface area contributed by atoms with Gasteiger partial charge in [0, 0.05) is 0 Å². The minimum absolute atomic E-state index is 0. The van der Waals surface area contributed by atoms with Gasteiger partial charge in [-0.25, -0.2) is 0 Å². The fourth-order valence-electron chi connectivity index (χ4n) is 0.855. The van der Waals surface area contributed by atoms with Crippen molar-refractivity contribution in [2.24, 2.45) is 0 Å². The molecule has 0 saturated carbocycles. The monoisotopic (exact) mass is 188 g/mol. The first kappa shape index (κ1) is 12.5. The quantitative estimate of drug-likeness (QED) is 0.479. The summed E-state index contributed by atoms with van der Waals surface area (Å²) in [5, 5.41) is 10.0. The fourth-order valence-corrected chi connectivity index (χ4v) is 0.855. The molecule has 4 heteroatoms. The van der Waals surface area contributed by atoms with E-state index in [0.29, 0.717) is 5.75 Å². The van der Waals surface area contributed by atoms with E-state index in [1.54, 1.807) is 12.1 Å². The van der Waals surface area contributed by atoms with Crippen LogP contribution in [0.2, 0.25) is 0 Å². The maximum atomic E-state index is 10.0. The van der Waals surface area contributed by atoms with E-state index in [4.69, 9.17) is 4.74 Å². The largest absolute Gasteiger partial charge is 1.00 e. The summed E-state index contributed by atoms with van der Waals surface area (Å²) in [6, 6.07) is 7.22. The van der Waals surface area contributed by atoms with Crippen molar-refractivity contribution in [2.45, 2.75) is 6.92 Å². The maximum Gasteiger partial charge on any atom is 1.00 e. The van der Waals surface area contributed by atoms with E-state index in [0.717, 1.165) is 5.56 Å². The van der Waals surface area contributed by atoms with Gasteiger partial charge in [-0.05, 0) is 18.6 Å². The van der Waals surface area contributed by atoms with Gasteiger partial charge in [-0.15, -0.1) is 0 Å². The van der Waals surface area contributed by atoms with Crippen molar-refractivity contribution in [1.29, 1.82) is 0 Å². The van der Waals surface area contributed by atoms with E-state index in [9.17, 15) is 9.90 Å². The topological polar surface area (TPSA) is 49.4 Å². The number of hydrogen-bond donors (Lipinski definition) is 0. The number of rotatable bonds is 3. The molecule has 1 rings (SSSR count). The van der Waals surface area contributed by atoms with Crippen molar-refractivity contribution in [3.05, 3.63) is 29.8 Å². The normalized spacial score (nSPS) is 8.69. The summed E-state index contributed by atoms with van der Waals surface area (Å²) in [5.74, 6) is -0.625. The number of hydrogen-bond acceptors (Lipinski definition) is 3. The number of carboxylic acids is 1. The summed E-state index contributed by atoms with van der Waals surface area (Å²) >= 11 is 0. The van der Waals surface area contributed by atoms with Crippen molar-refractivity contribution in [3.63, 3.8) is 0 Å². The van der Waals surface area contributed by atoms with E-state index in [-0.39, 0.29) is 29.6 Å². The van der Waals surface area contributed by atoms with Crippen molar-refractivity contribution in [2.75, 3.05) is 6.61 Å². The second-order valence-electron chi connectivity index (χ2n) is 2.43. The number of carbonyl (C=O) groups is 1. The van der Waals surface area contributed by atoms with Gasteiger partial charge in [0.25, 0.3) is 0 Å². The van der Waals surface area contributed by atoms with Gasteiger partial charge in [-0.2, -0.15) is 0 Å². The van der Waals surface area contributed by atoms with Gasteiger partial charge < -0.3 is 14.6 Å². The third kappa shape index (κ3) is 4.31. The summed E-state index contributed by atoms with van der Waals surface area (Å²) in [6.45, 7) is 1.45. The van der Waals surface area contributed by atoms with E-state index in [1.807, 2.05) is 19.1 Å². The third-order valence-electron chi connectivity index (χ3n) is 1.44. The zero-order valence-corrected chi connectivity index (χ0v) is 9.74. The maximum absolute atomic E-state index is 10.0. The molecule has 0 fully saturated rings. The Morgan fingerprint density at radius 2 is 2.08 bits per heavy atom. The Kier molecular flexibility index (Phi) is 5.79. The average molecular weight is 188 g/mol.